The summed E-state index contributed by atoms with van der Waals surface area (Å²) < 4.78 is 3.24. The summed E-state index contributed by atoms with van der Waals surface area (Å²) in [4.78, 5) is 12.9. The topological polar surface area (TPSA) is 57.8 Å². The van der Waals surface area contributed by atoms with Gasteiger partial charge < -0.3 is 9.88 Å². The maximum Gasteiger partial charge on any atom is 0.266 e. The van der Waals surface area contributed by atoms with E-state index in [1.165, 1.54) is 0 Å². The van der Waals surface area contributed by atoms with E-state index in [0.717, 1.165) is 37.8 Å². The molecular formula is C27H21BrClN3O. The first-order valence-corrected chi connectivity index (χ1v) is 11.6. The predicted molar refractivity (Wildman–Crippen MR) is 138 cm³/mol. The summed E-state index contributed by atoms with van der Waals surface area (Å²) in [5, 5.41) is 14.2. The molecule has 164 valence electrons. The van der Waals surface area contributed by atoms with Gasteiger partial charge in [-0.3, -0.25) is 4.79 Å². The minimum Gasteiger partial charge on any atom is -0.340 e. The van der Waals surface area contributed by atoms with E-state index in [-0.39, 0.29) is 5.57 Å². The van der Waals surface area contributed by atoms with Gasteiger partial charge in [0.1, 0.15) is 11.6 Å². The van der Waals surface area contributed by atoms with Gasteiger partial charge in [-0.25, -0.2) is 0 Å². The molecule has 0 saturated heterocycles. The van der Waals surface area contributed by atoms with Crippen molar-refractivity contribution in [2.75, 3.05) is 5.32 Å². The summed E-state index contributed by atoms with van der Waals surface area (Å²) in [7, 11) is 0. The molecule has 6 heteroatoms. The number of nitrogens with zero attached hydrogens (tertiary/aromatic N) is 2. The van der Waals surface area contributed by atoms with E-state index in [1.54, 1.807) is 24.3 Å². The number of fused-ring (bicyclic) bond motifs is 1. The molecule has 0 saturated carbocycles. The van der Waals surface area contributed by atoms with Gasteiger partial charge >= 0.3 is 0 Å². The number of aromatic nitrogens is 1. The number of anilines is 1. The molecule has 4 rings (SSSR count). The van der Waals surface area contributed by atoms with Crippen molar-refractivity contribution >= 4 is 56.1 Å². The molecule has 1 amide bonds. The van der Waals surface area contributed by atoms with E-state index in [0.29, 0.717) is 17.3 Å². The Balaban J connectivity index is 1.73. The molecule has 0 atom stereocenters. The molecule has 0 spiro atoms. The van der Waals surface area contributed by atoms with E-state index in [1.807, 2.05) is 44.2 Å². The van der Waals surface area contributed by atoms with Gasteiger partial charge in [0.05, 0.1) is 0 Å². The highest BCUT2D eigenvalue weighted by Gasteiger charge is 2.17. The van der Waals surface area contributed by atoms with Crippen LogP contribution in [-0.4, -0.2) is 10.5 Å². The summed E-state index contributed by atoms with van der Waals surface area (Å²) in [5.41, 5.74) is 5.56. The van der Waals surface area contributed by atoms with Crippen molar-refractivity contribution in [1.29, 1.82) is 5.26 Å². The Morgan fingerprint density at radius 2 is 1.85 bits per heavy atom. The van der Waals surface area contributed by atoms with E-state index >= 15 is 0 Å². The van der Waals surface area contributed by atoms with Crippen LogP contribution in [0.4, 0.5) is 5.69 Å². The highest BCUT2D eigenvalue weighted by atomic mass is 79.9. The number of aryl methyl sites for hydroxylation is 1. The van der Waals surface area contributed by atoms with Crippen LogP contribution in [0, 0.1) is 25.2 Å². The number of carbonyl (C=O) groups excluding carboxylic acids is 1. The Bertz CT molecular complexity index is 1430. The van der Waals surface area contributed by atoms with Crippen LogP contribution in [0.5, 0.6) is 0 Å². The van der Waals surface area contributed by atoms with Crippen molar-refractivity contribution in [2.24, 2.45) is 0 Å². The molecule has 1 heterocycles. The number of carbonyl (C=O) groups is 1. The molecule has 1 N–H and O–H groups in total. The molecule has 0 unspecified atom stereocenters. The Morgan fingerprint density at radius 1 is 1.12 bits per heavy atom. The van der Waals surface area contributed by atoms with Crippen molar-refractivity contribution in [1.82, 2.24) is 4.57 Å². The van der Waals surface area contributed by atoms with Gasteiger partial charge in [0.2, 0.25) is 0 Å². The summed E-state index contributed by atoms with van der Waals surface area (Å²) in [6, 6.07) is 23.5. The maximum absolute atomic E-state index is 12.9. The summed E-state index contributed by atoms with van der Waals surface area (Å²) in [5.74, 6) is -0.452. The summed E-state index contributed by atoms with van der Waals surface area (Å²) >= 11 is 9.49. The van der Waals surface area contributed by atoms with Crippen molar-refractivity contribution in [3.05, 3.63) is 104 Å². The van der Waals surface area contributed by atoms with Gasteiger partial charge in [0.25, 0.3) is 5.91 Å². The normalized spacial score (nSPS) is 11.4. The quantitative estimate of drug-likeness (QED) is 0.223. The molecular weight excluding hydrogens is 498 g/mol. The van der Waals surface area contributed by atoms with Crippen molar-refractivity contribution < 1.29 is 4.79 Å². The van der Waals surface area contributed by atoms with E-state index in [2.05, 4.69) is 50.1 Å². The first kappa shape index (κ1) is 22.8. The number of hydrogen-bond donors (Lipinski definition) is 1. The SMILES string of the molecule is Cc1cc(Cl)ccc1NC(=O)/C(C#N)=C/c1c(C)n(Cc2ccc(Br)cc2)c2ccccc12. The van der Waals surface area contributed by atoms with Crippen molar-refractivity contribution in [3.8, 4) is 6.07 Å². The molecule has 0 aliphatic carbocycles. The number of rotatable bonds is 5. The monoisotopic (exact) mass is 517 g/mol. The lowest BCUT2D eigenvalue weighted by Crippen LogP contribution is -2.14. The van der Waals surface area contributed by atoms with Crippen LogP contribution in [0.2, 0.25) is 5.02 Å². The van der Waals surface area contributed by atoms with Crippen LogP contribution in [0.3, 0.4) is 0 Å². The third-order valence-electron chi connectivity index (χ3n) is 5.62. The number of benzene rings is 3. The second-order valence-corrected chi connectivity index (χ2v) is 9.16. The van der Waals surface area contributed by atoms with Gasteiger partial charge in [0, 0.05) is 43.9 Å². The number of halogens is 2. The number of nitrogens with one attached hydrogen (secondary N) is 1. The average molecular weight is 519 g/mol. The highest BCUT2D eigenvalue weighted by molar-refractivity contribution is 9.10. The fourth-order valence-electron chi connectivity index (χ4n) is 3.87. The Labute approximate surface area is 206 Å². The second-order valence-electron chi connectivity index (χ2n) is 7.81. The lowest BCUT2D eigenvalue weighted by atomic mass is 10.1. The molecule has 3 aromatic carbocycles. The third kappa shape index (κ3) is 4.88. The minimum atomic E-state index is -0.452. The van der Waals surface area contributed by atoms with E-state index in [9.17, 15) is 10.1 Å². The molecule has 0 radical (unpaired) electrons. The lowest BCUT2D eigenvalue weighted by molar-refractivity contribution is -0.112. The molecule has 33 heavy (non-hydrogen) atoms. The zero-order valence-corrected chi connectivity index (χ0v) is 20.5. The third-order valence-corrected chi connectivity index (χ3v) is 6.39. The van der Waals surface area contributed by atoms with Gasteiger partial charge in [-0.05, 0) is 67.4 Å². The zero-order valence-electron chi connectivity index (χ0n) is 18.2. The van der Waals surface area contributed by atoms with Gasteiger partial charge in [-0.1, -0.05) is 57.9 Å². The molecule has 4 nitrogen and oxygen atoms in total. The first-order valence-electron chi connectivity index (χ1n) is 10.4. The van der Waals surface area contributed by atoms with E-state index in [4.69, 9.17) is 11.6 Å². The Morgan fingerprint density at radius 3 is 2.55 bits per heavy atom. The van der Waals surface area contributed by atoms with Crippen LogP contribution in [0.25, 0.3) is 17.0 Å². The molecule has 0 aliphatic rings. The van der Waals surface area contributed by atoms with Gasteiger partial charge in [-0.2, -0.15) is 5.26 Å². The summed E-state index contributed by atoms with van der Waals surface area (Å²) in [6.45, 7) is 4.56. The van der Waals surface area contributed by atoms with Crippen LogP contribution >= 0.6 is 27.5 Å². The smallest absolute Gasteiger partial charge is 0.266 e. The van der Waals surface area contributed by atoms with Crippen molar-refractivity contribution in [2.45, 2.75) is 20.4 Å². The second kappa shape index (κ2) is 9.66. The average Bonchev–Trinajstić information content (AvgIpc) is 3.06. The fourth-order valence-corrected chi connectivity index (χ4v) is 4.36. The molecule has 1 aromatic heterocycles. The largest absolute Gasteiger partial charge is 0.340 e. The molecule has 0 bridgehead atoms. The standard InChI is InChI=1S/C27H21BrClN3O/c1-17-13-22(29)11-12-25(17)31-27(33)20(15-30)14-24-18(2)32(26-6-4-3-5-23(24)26)16-19-7-9-21(28)10-8-19/h3-14H,16H2,1-2H3,(H,31,33)/b20-14+. The number of amides is 1. The molecule has 0 aliphatic heterocycles. The fraction of sp³-hybridized carbons (Fsp3) is 0.111. The van der Waals surface area contributed by atoms with Crippen LogP contribution in [0.15, 0.2) is 76.8 Å². The lowest BCUT2D eigenvalue weighted by Gasteiger charge is -2.09. The number of nitriles is 1. The number of para-hydroxylation sites is 1. The molecule has 0 fully saturated rings. The van der Waals surface area contributed by atoms with Crippen LogP contribution in [-0.2, 0) is 11.3 Å². The predicted octanol–water partition coefficient (Wildman–Crippen LogP) is 7.27. The van der Waals surface area contributed by atoms with Crippen molar-refractivity contribution in [3.63, 3.8) is 0 Å². The minimum absolute atomic E-state index is 0.0407. The van der Waals surface area contributed by atoms with Gasteiger partial charge in [0.15, 0.2) is 0 Å². The molecule has 4 aromatic rings. The number of hydrogen-bond acceptors (Lipinski definition) is 2. The highest BCUT2D eigenvalue weighted by Crippen LogP contribution is 2.29. The van der Waals surface area contributed by atoms with Crippen LogP contribution < -0.4 is 5.32 Å². The maximum atomic E-state index is 12.9. The van der Waals surface area contributed by atoms with Gasteiger partial charge in [-0.15, -0.1) is 0 Å². The Hall–Kier alpha value is -3.33. The summed E-state index contributed by atoms with van der Waals surface area (Å²) in [6.07, 6.45) is 1.68. The zero-order chi connectivity index (χ0) is 23.5. The first-order chi connectivity index (χ1) is 15.9. The van der Waals surface area contributed by atoms with E-state index < -0.39 is 5.91 Å². The Kier molecular flexibility index (Phi) is 6.69. The van der Waals surface area contributed by atoms with Crippen LogP contribution in [0.1, 0.15) is 22.4 Å².